The molecule has 0 radical (unpaired) electrons. The first-order valence-corrected chi connectivity index (χ1v) is 7.04. The molecule has 0 aromatic heterocycles. The van der Waals surface area contributed by atoms with E-state index in [1.807, 2.05) is 0 Å². The number of rotatable bonds is 8. The van der Waals surface area contributed by atoms with E-state index in [4.69, 9.17) is 4.74 Å². The summed E-state index contributed by atoms with van der Waals surface area (Å²) in [5, 5.41) is 0. The summed E-state index contributed by atoms with van der Waals surface area (Å²) in [6, 6.07) is 0. The normalized spacial score (nSPS) is 25.9. The Hall–Kier alpha value is -0.110. The van der Waals surface area contributed by atoms with E-state index in [9.17, 15) is 4.39 Å². The van der Waals surface area contributed by atoms with E-state index >= 15 is 0 Å². The maximum absolute atomic E-state index is 12.0. The second-order valence-corrected chi connectivity index (χ2v) is 5.12. The van der Waals surface area contributed by atoms with Crippen LogP contribution in [-0.2, 0) is 4.74 Å². The van der Waals surface area contributed by atoms with Crippen molar-refractivity contribution in [1.29, 1.82) is 0 Å². The zero-order chi connectivity index (χ0) is 11.6. The zero-order valence-electron chi connectivity index (χ0n) is 10.7. The van der Waals surface area contributed by atoms with E-state index in [0.29, 0.717) is 0 Å². The number of hydrogen-bond donors (Lipinski definition) is 0. The van der Waals surface area contributed by atoms with Gasteiger partial charge in [-0.2, -0.15) is 0 Å². The van der Waals surface area contributed by atoms with Gasteiger partial charge in [-0.15, -0.1) is 0 Å². The Morgan fingerprint density at radius 3 is 2.31 bits per heavy atom. The van der Waals surface area contributed by atoms with E-state index in [0.717, 1.165) is 18.8 Å². The Bertz CT molecular complexity index is 153. The lowest BCUT2D eigenvalue weighted by Gasteiger charge is -2.27. The Balaban J connectivity index is 1.95. The minimum Gasteiger partial charge on any atom is -0.347 e. The van der Waals surface area contributed by atoms with E-state index in [1.54, 1.807) is 0 Å². The van der Waals surface area contributed by atoms with E-state index in [2.05, 4.69) is 6.92 Å². The predicted octanol–water partition coefficient (Wildman–Crippen LogP) is 4.85. The molecular weight excluding hydrogens is 203 g/mol. The highest BCUT2D eigenvalue weighted by Crippen LogP contribution is 2.30. The SMILES string of the molecule is CCCCCCCC1CCC(OCF)CC1. The number of alkyl halides is 1. The first-order valence-electron chi connectivity index (χ1n) is 7.04. The van der Waals surface area contributed by atoms with Crippen LogP contribution in [0.5, 0.6) is 0 Å². The molecule has 1 nitrogen and oxygen atoms in total. The summed E-state index contributed by atoms with van der Waals surface area (Å²) in [5.41, 5.74) is 0. The summed E-state index contributed by atoms with van der Waals surface area (Å²) >= 11 is 0. The number of unbranched alkanes of at least 4 members (excludes halogenated alkanes) is 4. The topological polar surface area (TPSA) is 9.23 Å². The highest BCUT2D eigenvalue weighted by molar-refractivity contribution is 4.72. The molecule has 0 aromatic rings. The maximum atomic E-state index is 12.0. The molecule has 16 heavy (non-hydrogen) atoms. The van der Waals surface area contributed by atoms with Crippen LogP contribution in [0.1, 0.15) is 71.1 Å². The minimum atomic E-state index is -0.605. The lowest BCUT2D eigenvalue weighted by atomic mass is 9.84. The molecule has 0 atom stereocenters. The molecule has 1 rings (SSSR count). The van der Waals surface area contributed by atoms with Crippen molar-refractivity contribution >= 4 is 0 Å². The molecule has 0 bridgehead atoms. The third-order valence-corrected chi connectivity index (χ3v) is 3.81. The first kappa shape index (κ1) is 14.0. The minimum absolute atomic E-state index is 0.210. The summed E-state index contributed by atoms with van der Waals surface area (Å²) in [7, 11) is 0. The molecular formula is C14H27FO. The molecule has 1 aliphatic carbocycles. The quantitative estimate of drug-likeness (QED) is 0.542. The molecule has 2 heteroatoms. The van der Waals surface area contributed by atoms with Gasteiger partial charge in [0.15, 0.2) is 6.86 Å². The van der Waals surface area contributed by atoms with Crippen LogP contribution in [0.4, 0.5) is 4.39 Å². The van der Waals surface area contributed by atoms with Crippen LogP contribution in [0.25, 0.3) is 0 Å². The number of hydrogen-bond acceptors (Lipinski definition) is 1. The van der Waals surface area contributed by atoms with Gasteiger partial charge in [-0.1, -0.05) is 45.4 Å². The van der Waals surface area contributed by atoms with Crippen molar-refractivity contribution in [3.8, 4) is 0 Å². The number of halogens is 1. The van der Waals surface area contributed by atoms with Gasteiger partial charge >= 0.3 is 0 Å². The van der Waals surface area contributed by atoms with Crippen molar-refractivity contribution in [2.24, 2.45) is 5.92 Å². The Labute approximate surface area is 99.8 Å². The van der Waals surface area contributed by atoms with Crippen molar-refractivity contribution in [2.75, 3.05) is 6.86 Å². The smallest absolute Gasteiger partial charge is 0.188 e. The summed E-state index contributed by atoms with van der Waals surface area (Å²) in [4.78, 5) is 0. The van der Waals surface area contributed by atoms with Crippen molar-refractivity contribution in [3.63, 3.8) is 0 Å². The van der Waals surface area contributed by atoms with Crippen molar-refractivity contribution < 1.29 is 9.13 Å². The maximum Gasteiger partial charge on any atom is 0.188 e. The van der Waals surface area contributed by atoms with Crippen LogP contribution >= 0.6 is 0 Å². The largest absolute Gasteiger partial charge is 0.347 e. The van der Waals surface area contributed by atoms with E-state index in [1.165, 1.54) is 51.4 Å². The summed E-state index contributed by atoms with van der Waals surface area (Å²) in [6.45, 7) is 1.65. The van der Waals surface area contributed by atoms with Crippen molar-refractivity contribution in [1.82, 2.24) is 0 Å². The van der Waals surface area contributed by atoms with Crippen LogP contribution in [0.15, 0.2) is 0 Å². The van der Waals surface area contributed by atoms with Gasteiger partial charge in [0.1, 0.15) is 0 Å². The molecule has 1 aliphatic rings. The van der Waals surface area contributed by atoms with Gasteiger partial charge in [0.05, 0.1) is 6.10 Å². The molecule has 96 valence electrons. The first-order chi connectivity index (χ1) is 7.86. The molecule has 0 aromatic carbocycles. The average molecular weight is 230 g/mol. The summed E-state index contributed by atoms with van der Waals surface area (Å²) in [5.74, 6) is 0.890. The zero-order valence-corrected chi connectivity index (χ0v) is 10.7. The third kappa shape index (κ3) is 5.83. The Morgan fingerprint density at radius 1 is 1.00 bits per heavy atom. The molecule has 0 heterocycles. The predicted molar refractivity (Wildman–Crippen MR) is 66.2 cm³/mol. The fraction of sp³-hybridized carbons (Fsp3) is 1.00. The van der Waals surface area contributed by atoms with E-state index in [-0.39, 0.29) is 6.10 Å². The molecule has 0 saturated heterocycles. The van der Waals surface area contributed by atoms with Crippen molar-refractivity contribution in [3.05, 3.63) is 0 Å². The molecule has 0 spiro atoms. The van der Waals surface area contributed by atoms with Gasteiger partial charge in [-0.05, 0) is 31.6 Å². The van der Waals surface area contributed by atoms with Crippen LogP contribution in [0, 0.1) is 5.92 Å². The highest BCUT2D eigenvalue weighted by Gasteiger charge is 2.20. The highest BCUT2D eigenvalue weighted by atomic mass is 19.1. The fourth-order valence-electron chi connectivity index (χ4n) is 2.71. The van der Waals surface area contributed by atoms with Gasteiger partial charge in [-0.25, -0.2) is 4.39 Å². The van der Waals surface area contributed by atoms with Gasteiger partial charge in [0, 0.05) is 0 Å². The number of ether oxygens (including phenoxy) is 1. The van der Waals surface area contributed by atoms with Gasteiger partial charge in [0.2, 0.25) is 0 Å². The second-order valence-electron chi connectivity index (χ2n) is 5.12. The fourth-order valence-corrected chi connectivity index (χ4v) is 2.71. The lowest BCUT2D eigenvalue weighted by molar-refractivity contribution is -0.0291. The van der Waals surface area contributed by atoms with Crippen LogP contribution < -0.4 is 0 Å². The molecule has 1 saturated carbocycles. The molecule has 0 aliphatic heterocycles. The molecule has 1 fully saturated rings. The lowest BCUT2D eigenvalue weighted by Crippen LogP contribution is -2.21. The Morgan fingerprint density at radius 2 is 1.69 bits per heavy atom. The van der Waals surface area contributed by atoms with Crippen LogP contribution in [0.2, 0.25) is 0 Å². The summed E-state index contributed by atoms with van der Waals surface area (Å²) in [6.07, 6.45) is 13.1. The average Bonchev–Trinajstić information content (AvgIpc) is 2.31. The molecule has 0 unspecified atom stereocenters. The van der Waals surface area contributed by atoms with Crippen molar-refractivity contribution in [2.45, 2.75) is 77.2 Å². The van der Waals surface area contributed by atoms with Crippen LogP contribution in [-0.4, -0.2) is 13.0 Å². The van der Waals surface area contributed by atoms with Gasteiger partial charge in [0.25, 0.3) is 0 Å². The standard InChI is InChI=1S/C14H27FO/c1-2-3-4-5-6-7-13-8-10-14(11-9-13)16-12-15/h13-14H,2-12H2,1H3. The van der Waals surface area contributed by atoms with E-state index < -0.39 is 6.86 Å². The van der Waals surface area contributed by atoms with Crippen LogP contribution in [0.3, 0.4) is 0 Å². The molecule has 0 N–H and O–H groups in total. The molecule has 0 amide bonds. The van der Waals surface area contributed by atoms with Gasteiger partial charge in [-0.3, -0.25) is 0 Å². The second kappa shape index (κ2) is 8.98. The monoisotopic (exact) mass is 230 g/mol. The Kier molecular flexibility index (Phi) is 7.83. The van der Waals surface area contributed by atoms with Gasteiger partial charge < -0.3 is 4.74 Å². The summed E-state index contributed by atoms with van der Waals surface area (Å²) < 4.78 is 17.0. The third-order valence-electron chi connectivity index (χ3n) is 3.81.